The second-order valence-corrected chi connectivity index (χ2v) is 8.74. The van der Waals surface area contributed by atoms with Crippen LogP contribution in [0.5, 0.6) is 0 Å². The van der Waals surface area contributed by atoms with E-state index in [9.17, 15) is 9.66 Å². The summed E-state index contributed by atoms with van der Waals surface area (Å²) in [6.07, 6.45) is 2.91. The molecule has 1 rings (SSSR count). The molecule has 0 spiro atoms. The van der Waals surface area contributed by atoms with E-state index < -0.39 is 17.0 Å². The molecule has 20 heavy (non-hydrogen) atoms. The average Bonchev–Trinajstić information content (AvgIpc) is 2.26. The molecular formula is C15H26N2O2S. The Hall–Kier alpha value is -0.620. The van der Waals surface area contributed by atoms with Gasteiger partial charge >= 0.3 is 0 Å². The molecule has 2 atom stereocenters. The van der Waals surface area contributed by atoms with Crippen molar-refractivity contribution in [2.45, 2.75) is 63.9 Å². The third kappa shape index (κ3) is 6.70. The summed E-state index contributed by atoms with van der Waals surface area (Å²) in [5.41, 5.74) is 0.120. The molecule has 0 aliphatic heterocycles. The predicted octanol–water partition coefficient (Wildman–Crippen LogP) is 2.21. The number of nitrogens with one attached hydrogen (secondary N) is 1. The molecule has 4 nitrogen and oxygen atoms in total. The van der Waals surface area contributed by atoms with Crippen molar-refractivity contribution in [3.63, 3.8) is 0 Å². The van der Waals surface area contributed by atoms with Crippen molar-refractivity contribution in [3.05, 3.63) is 30.1 Å². The standard InChI is InChI=1S/C15H26N2O2S/c1-14(2,3)20(19)17-13(11-15(4,5)18)10-12-8-6-7-9-16-12/h6-9,13,17-18H,10-11H2,1-5H3/t13-,20?/m1/s1. The molecule has 5 heteroatoms. The quantitative estimate of drug-likeness (QED) is 0.790. The number of hydrogen-bond acceptors (Lipinski definition) is 4. The topological polar surface area (TPSA) is 68.2 Å². The molecule has 114 valence electrons. The molecule has 0 radical (unpaired) electrons. The lowest BCUT2D eigenvalue weighted by atomic mass is 9.96. The van der Waals surface area contributed by atoms with Gasteiger partial charge in [0, 0.05) is 29.7 Å². The molecule has 1 aromatic heterocycles. The maximum Gasteiger partial charge on any atom is 0.136 e. The van der Waals surface area contributed by atoms with E-state index in [4.69, 9.17) is 0 Å². The van der Waals surface area contributed by atoms with Gasteiger partial charge in [-0.1, -0.05) is 6.07 Å². The Labute approximate surface area is 125 Å². The van der Waals surface area contributed by atoms with Crippen molar-refractivity contribution in [1.29, 1.82) is 0 Å². The Kier molecular flexibility index (Phi) is 6.01. The number of aliphatic hydroxyl groups is 1. The first kappa shape index (κ1) is 17.4. The van der Waals surface area contributed by atoms with Crippen LogP contribution in [-0.4, -0.2) is 31.0 Å². The van der Waals surface area contributed by atoms with Crippen molar-refractivity contribution in [1.82, 2.24) is 9.71 Å². The van der Waals surface area contributed by atoms with Crippen LogP contribution in [0.1, 0.15) is 46.7 Å². The first-order chi connectivity index (χ1) is 9.08. The van der Waals surface area contributed by atoms with E-state index in [0.717, 1.165) is 5.69 Å². The lowest BCUT2D eigenvalue weighted by Gasteiger charge is -2.30. The first-order valence-corrected chi connectivity index (χ1v) is 8.03. The molecule has 0 amide bonds. The van der Waals surface area contributed by atoms with Crippen molar-refractivity contribution in [2.75, 3.05) is 0 Å². The highest BCUT2D eigenvalue weighted by molar-refractivity contribution is 7.90. The summed E-state index contributed by atoms with van der Waals surface area (Å²) in [6.45, 7) is 9.31. The van der Waals surface area contributed by atoms with Gasteiger partial charge in [0.25, 0.3) is 0 Å². The van der Waals surface area contributed by atoms with Gasteiger partial charge in [-0.3, -0.25) is 4.98 Å². The van der Waals surface area contributed by atoms with Crippen LogP contribution in [0.4, 0.5) is 0 Å². The van der Waals surface area contributed by atoms with Gasteiger partial charge in [0.05, 0.1) is 11.6 Å². The highest BCUT2D eigenvalue weighted by Crippen LogP contribution is 2.19. The first-order valence-electron chi connectivity index (χ1n) is 6.88. The van der Waals surface area contributed by atoms with Crippen LogP contribution in [0.25, 0.3) is 0 Å². The summed E-state index contributed by atoms with van der Waals surface area (Å²) in [5.74, 6) is 0. The number of pyridine rings is 1. The van der Waals surface area contributed by atoms with E-state index in [0.29, 0.717) is 12.8 Å². The molecule has 0 saturated heterocycles. The Morgan fingerprint density at radius 3 is 2.40 bits per heavy atom. The number of rotatable bonds is 6. The summed E-state index contributed by atoms with van der Waals surface area (Å²) >= 11 is -1.16. The molecule has 0 aliphatic rings. The van der Waals surface area contributed by atoms with Crippen molar-refractivity contribution >= 4 is 11.4 Å². The fourth-order valence-electron chi connectivity index (χ4n) is 1.86. The summed E-state index contributed by atoms with van der Waals surface area (Å²) in [4.78, 5) is 4.30. The summed E-state index contributed by atoms with van der Waals surface area (Å²) in [6, 6.07) is 5.67. The third-order valence-electron chi connectivity index (χ3n) is 2.76. The fraction of sp³-hybridized carbons (Fsp3) is 0.667. The lowest BCUT2D eigenvalue weighted by Crippen LogP contribution is -2.47. The van der Waals surface area contributed by atoms with E-state index >= 15 is 0 Å². The predicted molar refractivity (Wildman–Crippen MR) is 83.7 cm³/mol. The van der Waals surface area contributed by atoms with Crippen LogP contribution < -0.4 is 4.72 Å². The molecule has 0 aromatic carbocycles. The van der Waals surface area contributed by atoms with E-state index in [-0.39, 0.29) is 10.8 Å². The van der Waals surface area contributed by atoms with Gasteiger partial charge in [0.15, 0.2) is 0 Å². The van der Waals surface area contributed by atoms with Gasteiger partial charge < -0.3 is 9.66 Å². The number of nitrogens with zero attached hydrogens (tertiary/aromatic N) is 1. The SMILES string of the molecule is CC(C)(O)C[C@@H](Cc1ccccn1)N[S+]([O-])C(C)(C)C. The highest BCUT2D eigenvalue weighted by atomic mass is 32.2. The minimum Gasteiger partial charge on any atom is -0.598 e. The zero-order chi connectivity index (χ0) is 15.4. The van der Waals surface area contributed by atoms with Crippen molar-refractivity contribution < 1.29 is 9.66 Å². The number of hydrogen-bond donors (Lipinski definition) is 2. The van der Waals surface area contributed by atoms with E-state index in [2.05, 4.69) is 9.71 Å². The van der Waals surface area contributed by atoms with Crippen LogP contribution in [0, 0.1) is 0 Å². The lowest BCUT2D eigenvalue weighted by molar-refractivity contribution is 0.0617. The second kappa shape index (κ2) is 6.89. The molecule has 0 bridgehead atoms. The zero-order valence-electron chi connectivity index (χ0n) is 13.0. The summed E-state index contributed by atoms with van der Waals surface area (Å²) in [7, 11) is 0. The molecule has 1 heterocycles. The number of aromatic nitrogens is 1. The second-order valence-electron chi connectivity index (χ2n) is 6.74. The molecule has 1 unspecified atom stereocenters. The largest absolute Gasteiger partial charge is 0.598 e. The molecule has 0 aliphatic carbocycles. The van der Waals surface area contributed by atoms with Gasteiger partial charge in [-0.2, -0.15) is 0 Å². The molecule has 0 saturated carbocycles. The van der Waals surface area contributed by atoms with Crippen LogP contribution in [0.2, 0.25) is 0 Å². The molecule has 1 aromatic rings. The van der Waals surface area contributed by atoms with Gasteiger partial charge in [-0.15, -0.1) is 4.72 Å². The van der Waals surface area contributed by atoms with Gasteiger partial charge in [0.1, 0.15) is 4.75 Å². The van der Waals surface area contributed by atoms with Crippen molar-refractivity contribution in [3.8, 4) is 0 Å². The summed E-state index contributed by atoms with van der Waals surface area (Å²) < 4.78 is 15.1. The Balaban J connectivity index is 2.75. The van der Waals surface area contributed by atoms with Crippen LogP contribution in [-0.2, 0) is 17.8 Å². The average molecular weight is 298 g/mol. The molecule has 0 fully saturated rings. The third-order valence-corrected chi connectivity index (χ3v) is 4.42. The zero-order valence-corrected chi connectivity index (χ0v) is 13.8. The molecular weight excluding hydrogens is 272 g/mol. The van der Waals surface area contributed by atoms with Crippen LogP contribution in [0.3, 0.4) is 0 Å². The minimum atomic E-state index is -1.16. The van der Waals surface area contributed by atoms with E-state index in [1.807, 2.05) is 39.0 Å². The van der Waals surface area contributed by atoms with Crippen LogP contribution >= 0.6 is 0 Å². The maximum atomic E-state index is 12.2. The van der Waals surface area contributed by atoms with Gasteiger partial charge in [-0.25, -0.2) is 0 Å². The Bertz CT molecular complexity index is 399. The Morgan fingerprint density at radius 1 is 1.30 bits per heavy atom. The van der Waals surface area contributed by atoms with Gasteiger partial charge in [0.2, 0.25) is 0 Å². The van der Waals surface area contributed by atoms with E-state index in [1.165, 1.54) is 0 Å². The van der Waals surface area contributed by atoms with E-state index in [1.54, 1.807) is 20.0 Å². The monoisotopic (exact) mass is 298 g/mol. The minimum absolute atomic E-state index is 0.0787. The maximum absolute atomic E-state index is 12.2. The Morgan fingerprint density at radius 2 is 1.95 bits per heavy atom. The van der Waals surface area contributed by atoms with Crippen molar-refractivity contribution in [2.24, 2.45) is 0 Å². The fourth-order valence-corrected chi connectivity index (χ4v) is 2.68. The van der Waals surface area contributed by atoms with Gasteiger partial charge in [-0.05, 0) is 53.2 Å². The summed E-state index contributed by atoms with van der Waals surface area (Å²) in [5, 5.41) is 10.0. The highest BCUT2D eigenvalue weighted by Gasteiger charge is 2.31. The molecule has 2 N–H and O–H groups in total. The smallest absolute Gasteiger partial charge is 0.136 e. The normalized spacial score (nSPS) is 15.9. The van der Waals surface area contributed by atoms with Crippen LogP contribution in [0.15, 0.2) is 24.4 Å².